The normalized spacial score (nSPS) is 23.0. The zero-order valence-corrected chi connectivity index (χ0v) is 16.9. The van der Waals surface area contributed by atoms with Gasteiger partial charge in [0.2, 0.25) is 5.91 Å². The first-order valence-electron chi connectivity index (χ1n) is 10.4. The Hall–Kier alpha value is -3.70. The van der Waals surface area contributed by atoms with E-state index >= 15 is 0 Å². The van der Waals surface area contributed by atoms with Gasteiger partial charge in [-0.1, -0.05) is 91.0 Å². The quantitative estimate of drug-likeness (QED) is 0.595. The third kappa shape index (κ3) is 3.64. The van der Waals surface area contributed by atoms with Gasteiger partial charge in [0.15, 0.2) is 6.10 Å². The van der Waals surface area contributed by atoms with Crippen molar-refractivity contribution in [1.29, 1.82) is 0 Å². The van der Waals surface area contributed by atoms with Crippen molar-refractivity contribution in [2.75, 3.05) is 5.06 Å². The first-order chi connectivity index (χ1) is 15.2. The van der Waals surface area contributed by atoms with Crippen LogP contribution in [0.25, 0.3) is 6.08 Å². The minimum atomic E-state index is -0.818. The molecule has 2 saturated heterocycles. The number of hydrogen-bond donors (Lipinski definition) is 0. The van der Waals surface area contributed by atoms with Gasteiger partial charge in [-0.3, -0.25) is 19.3 Å². The second-order valence-corrected chi connectivity index (χ2v) is 7.72. The van der Waals surface area contributed by atoms with Crippen LogP contribution in [-0.2, 0) is 21.0 Å². The Morgan fingerprint density at radius 1 is 0.774 bits per heavy atom. The van der Waals surface area contributed by atoms with E-state index in [1.165, 1.54) is 4.90 Å². The van der Waals surface area contributed by atoms with Gasteiger partial charge in [0.25, 0.3) is 5.91 Å². The Kier molecular flexibility index (Phi) is 5.10. The van der Waals surface area contributed by atoms with Crippen molar-refractivity contribution in [3.63, 3.8) is 0 Å². The molecule has 0 saturated carbocycles. The lowest BCUT2D eigenvalue weighted by Crippen LogP contribution is -2.39. The highest BCUT2D eigenvalue weighted by Crippen LogP contribution is 2.39. The SMILES string of the molecule is O=C1C2ON(c3ccccc3)C(/C=C/c3ccccc3)C2C(=O)N1Cc1ccccc1. The smallest absolute Gasteiger partial charge is 0.262 e. The van der Waals surface area contributed by atoms with Gasteiger partial charge in [-0.25, -0.2) is 5.06 Å². The summed E-state index contributed by atoms with van der Waals surface area (Å²) in [6.45, 7) is 0.259. The molecule has 3 aromatic carbocycles. The van der Waals surface area contributed by atoms with E-state index in [-0.39, 0.29) is 24.4 Å². The predicted molar refractivity (Wildman–Crippen MR) is 119 cm³/mol. The van der Waals surface area contributed by atoms with E-state index in [0.29, 0.717) is 0 Å². The summed E-state index contributed by atoms with van der Waals surface area (Å²) in [5.74, 6) is -1.06. The molecule has 2 aliphatic rings. The van der Waals surface area contributed by atoms with Crippen molar-refractivity contribution in [2.45, 2.75) is 18.7 Å². The van der Waals surface area contributed by atoms with E-state index in [1.807, 2.05) is 103 Å². The number of anilines is 1. The summed E-state index contributed by atoms with van der Waals surface area (Å²) >= 11 is 0. The summed E-state index contributed by atoms with van der Waals surface area (Å²) < 4.78 is 0. The van der Waals surface area contributed by atoms with Crippen LogP contribution in [0.1, 0.15) is 11.1 Å². The number of nitrogens with zero attached hydrogens (tertiary/aromatic N) is 2. The third-order valence-corrected chi connectivity index (χ3v) is 5.73. The molecule has 0 N–H and O–H groups in total. The average molecular weight is 410 g/mol. The average Bonchev–Trinajstić information content (AvgIpc) is 3.31. The summed E-state index contributed by atoms with van der Waals surface area (Å²) in [7, 11) is 0. The zero-order chi connectivity index (χ0) is 21.2. The van der Waals surface area contributed by atoms with Crippen molar-refractivity contribution in [2.24, 2.45) is 5.92 Å². The van der Waals surface area contributed by atoms with Crippen molar-refractivity contribution < 1.29 is 14.4 Å². The molecule has 0 spiro atoms. The minimum Gasteiger partial charge on any atom is -0.275 e. The van der Waals surface area contributed by atoms with Crippen LogP contribution in [0.5, 0.6) is 0 Å². The number of carbonyl (C=O) groups excluding carboxylic acids is 2. The second kappa shape index (κ2) is 8.20. The Morgan fingerprint density at radius 3 is 2.06 bits per heavy atom. The maximum atomic E-state index is 13.4. The summed E-state index contributed by atoms with van der Waals surface area (Å²) in [5.41, 5.74) is 2.76. The molecule has 5 rings (SSSR count). The van der Waals surface area contributed by atoms with Gasteiger partial charge < -0.3 is 0 Å². The van der Waals surface area contributed by atoms with Crippen molar-refractivity contribution >= 4 is 23.6 Å². The van der Waals surface area contributed by atoms with Crippen LogP contribution in [0.2, 0.25) is 0 Å². The zero-order valence-electron chi connectivity index (χ0n) is 16.9. The summed E-state index contributed by atoms with van der Waals surface area (Å²) in [6, 6.07) is 28.6. The summed E-state index contributed by atoms with van der Waals surface area (Å²) in [4.78, 5) is 33.9. The number of imide groups is 1. The molecule has 3 aromatic rings. The number of hydrogen-bond acceptors (Lipinski definition) is 4. The molecule has 0 radical (unpaired) electrons. The van der Waals surface area contributed by atoms with Crippen LogP contribution in [0.4, 0.5) is 5.69 Å². The van der Waals surface area contributed by atoms with Gasteiger partial charge in [-0.05, 0) is 23.3 Å². The maximum Gasteiger partial charge on any atom is 0.262 e. The van der Waals surface area contributed by atoms with Crippen LogP contribution in [0.15, 0.2) is 97.1 Å². The molecule has 2 amide bonds. The number of likely N-dealkylation sites (tertiary alicyclic amines) is 1. The lowest BCUT2D eigenvalue weighted by atomic mass is 9.95. The van der Waals surface area contributed by atoms with Crippen molar-refractivity contribution in [3.05, 3.63) is 108 Å². The van der Waals surface area contributed by atoms with Crippen LogP contribution < -0.4 is 5.06 Å². The highest BCUT2D eigenvalue weighted by molar-refractivity contribution is 6.07. The number of carbonyl (C=O) groups is 2. The first-order valence-corrected chi connectivity index (χ1v) is 10.4. The monoisotopic (exact) mass is 410 g/mol. The largest absolute Gasteiger partial charge is 0.275 e. The summed E-state index contributed by atoms with van der Waals surface area (Å²) in [6.07, 6.45) is 3.12. The fourth-order valence-corrected chi connectivity index (χ4v) is 4.20. The Balaban J connectivity index is 1.47. The van der Waals surface area contributed by atoms with Gasteiger partial charge in [0, 0.05) is 0 Å². The van der Waals surface area contributed by atoms with E-state index < -0.39 is 12.0 Å². The lowest BCUT2D eigenvalue weighted by molar-refractivity contribution is -0.143. The van der Waals surface area contributed by atoms with Gasteiger partial charge >= 0.3 is 0 Å². The number of fused-ring (bicyclic) bond motifs is 1. The summed E-state index contributed by atoms with van der Waals surface area (Å²) in [5, 5.41) is 1.70. The van der Waals surface area contributed by atoms with Crippen molar-refractivity contribution in [1.82, 2.24) is 4.90 Å². The van der Waals surface area contributed by atoms with Crippen LogP contribution >= 0.6 is 0 Å². The molecule has 3 atom stereocenters. The molecular weight excluding hydrogens is 388 g/mol. The van der Waals surface area contributed by atoms with Crippen molar-refractivity contribution in [3.8, 4) is 0 Å². The van der Waals surface area contributed by atoms with E-state index in [4.69, 9.17) is 4.84 Å². The number of benzene rings is 3. The number of para-hydroxylation sites is 1. The topological polar surface area (TPSA) is 49.9 Å². The minimum absolute atomic E-state index is 0.194. The molecule has 2 heterocycles. The fraction of sp³-hybridized carbons (Fsp3) is 0.154. The second-order valence-electron chi connectivity index (χ2n) is 7.72. The van der Waals surface area contributed by atoms with E-state index in [1.54, 1.807) is 5.06 Å². The molecule has 3 unspecified atom stereocenters. The Labute approximate surface area is 181 Å². The van der Waals surface area contributed by atoms with Gasteiger partial charge in [-0.2, -0.15) is 0 Å². The van der Waals surface area contributed by atoms with Crippen LogP contribution in [0.3, 0.4) is 0 Å². The predicted octanol–water partition coefficient (Wildman–Crippen LogP) is 4.07. The third-order valence-electron chi connectivity index (χ3n) is 5.73. The maximum absolute atomic E-state index is 13.4. The molecule has 5 heteroatoms. The molecule has 2 fully saturated rings. The Morgan fingerprint density at radius 2 is 1.39 bits per heavy atom. The molecule has 0 aromatic heterocycles. The molecule has 154 valence electrons. The van der Waals surface area contributed by atoms with Gasteiger partial charge in [0.05, 0.1) is 18.3 Å². The highest BCUT2D eigenvalue weighted by Gasteiger charge is 2.58. The van der Waals surface area contributed by atoms with E-state index in [9.17, 15) is 9.59 Å². The molecule has 2 aliphatic heterocycles. The fourth-order valence-electron chi connectivity index (χ4n) is 4.20. The van der Waals surface area contributed by atoms with Crippen LogP contribution in [-0.4, -0.2) is 28.9 Å². The molecular formula is C26H22N2O3. The number of hydroxylamine groups is 1. The van der Waals surface area contributed by atoms with Gasteiger partial charge in [-0.15, -0.1) is 0 Å². The molecule has 5 nitrogen and oxygen atoms in total. The molecule has 0 bridgehead atoms. The standard InChI is InChI=1S/C26H22N2O3/c29-25-23-22(17-16-19-10-4-1-5-11-19)28(21-14-8-3-9-15-21)31-24(23)26(30)27(25)18-20-12-6-2-7-13-20/h1-17,22-24H,18H2/b17-16+. The highest BCUT2D eigenvalue weighted by atomic mass is 16.7. The van der Waals surface area contributed by atoms with E-state index in [2.05, 4.69) is 0 Å². The number of amides is 2. The van der Waals surface area contributed by atoms with E-state index in [0.717, 1.165) is 16.8 Å². The first kappa shape index (κ1) is 19.3. The lowest BCUT2D eigenvalue weighted by Gasteiger charge is -2.26. The Bertz CT molecular complexity index is 1100. The molecule has 0 aliphatic carbocycles. The van der Waals surface area contributed by atoms with Gasteiger partial charge in [0.1, 0.15) is 5.92 Å². The number of rotatable bonds is 5. The van der Waals surface area contributed by atoms with Crippen LogP contribution in [0, 0.1) is 5.92 Å². The molecule has 31 heavy (non-hydrogen) atoms.